The summed E-state index contributed by atoms with van der Waals surface area (Å²) in [7, 11) is 0.330. The highest BCUT2D eigenvalue weighted by Crippen LogP contribution is 2.20. The number of ether oxygens (including phenoxy) is 1. The molecule has 1 aromatic carbocycles. The molecule has 0 N–H and O–H groups in total. The van der Waals surface area contributed by atoms with Crippen LogP contribution in [0.15, 0.2) is 24.3 Å². The average Bonchev–Trinajstić information content (AvgIpc) is 2.25. The first-order valence-corrected chi connectivity index (χ1v) is 9.90. The van der Waals surface area contributed by atoms with Crippen LogP contribution in [0.25, 0.3) is 0 Å². The topological polar surface area (TPSA) is 21.7 Å². The second-order valence-corrected chi connectivity index (χ2v) is 10.4. The number of benzene rings is 1. The van der Waals surface area contributed by atoms with E-state index >= 15 is 0 Å². The molecule has 100 valence electrons. The molecule has 1 aromatic rings. The Labute approximate surface area is 111 Å². The summed E-state index contributed by atoms with van der Waals surface area (Å²) in [4.78, 5) is 2.42. The van der Waals surface area contributed by atoms with Gasteiger partial charge in [-0.15, -0.1) is 0 Å². The highest BCUT2D eigenvalue weighted by Gasteiger charge is 2.31. The van der Waals surface area contributed by atoms with Gasteiger partial charge in [0.15, 0.2) is 8.32 Å². The van der Waals surface area contributed by atoms with Gasteiger partial charge in [0.1, 0.15) is 5.75 Å². The quantitative estimate of drug-likeness (QED) is 0.764. The first-order valence-electron chi connectivity index (χ1n) is 6.49. The maximum Gasteiger partial charge on any atom is 0.184 e. The molecular weight excluding hydrogens is 242 g/mol. The van der Waals surface area contributed by atoms with Gasteiger partial charge < -0.3 is 9.16 Å². The van der Waals surface area contributed by atoms with Crippen LogP contribution in [0.1, 0.15) is 5.56 Å². The van der Waals surface area contributed by atoms with Crippen LogP contribution in [0.5, 0.6) is 5.75 Å². The van der Waals surface area contributed by atoms with E-state index in [4.69, 9.17) is 9.16 Å². The van der Waals surface area contributed by atoms with Crippen molar-refractivity contribution in [3.8, 4) is 5.75 Å². The summed E-state index contributed by atoms with van der Waals surface area (Å²) in [5, 5.41) is 0. The fourth-order valence-corrected chi connectivity index (χ4v) is 3.36. The first kappa shape index (κ1) is 13.6. The van der Waals surface area contributed by atoms with E-state index in [1.807, 2.05) is 12.1 Å². The van der Waals surface area contributed by atoms with Crippen LogP contribution in [0, 0.1) is 0 Å². The van der Waals surface area contributed by atoms with E-state index in [0.29, 0.717) is 6.10 Å². The molecule has 0 atom stereocenters. The third-order valence-corrected chi connectivity index (χ3v) is 4.05. The SMILES string of the molecule is COc1ccc(CN2CC(O[Si](C)(C)C)C2)cc1. The molecule has 0 spiro atoms. The molecule has 0 aliphatic carbocycles. The molecule has 0 amide bonds. The maximum atomic E-state index is 6.06. The minimum Gasteiger partial charge on any atom is -0.497 e. The predicted octanol–water partition coefficient (Wildman–Crippen LogP) is 2.73. The molecule has 0 radical (unpaired) electrons. The van der Waals surface area contributed by atoms with Crippen molar-refractivity contribution in [1.82, 2.24) is 4.90 Å². The summed E-state index contributed by atoms with van der Waals surface area (Å²) in [6.45, 7) is 9.89. The van der Waals surface area contributed by atoms with E-state index in [1.54, 1.807) is 7.11 Å². The molecular formula is C14H23NO2Si. The van der Waals surface area contributed by atoms with Gasteiger partial charge in [0.25, 0.3) is 0 Å². The molecule has 1 fully saturated rings. The van der Waals surface area contributed by atoms with Crippen molar-refractivity contribution in [2.75, 3.05) is 20.2 Å². The van der Waals surface area contributed by atoms with Crippen molar-refractivity contribution in [2.45, 2.75) is 32.3 Å². The van der Waals surface area contributed by atoms with Crippen molar-refractivity contribution >= 4 is 8.32 Å². The molecule has 3 nitrogen and oxygen atoms in total. The average molecular weight is 265 g/mol. The van der Waals surface area contributed by atoms with E-state index in [-0.39, 0.29) is 0 Å². The van der Waals surface area contributed by atoms with E-state index in [1.165, 1.54) is 5.56 Å². The highest BCUT2D eigenvalue weighted by atomic mass is 28.4. The number of likely N-dealkylation sites (tertiary alicyclic amines) is 1. The van der Waals surface area contributed by atoms with Gasteiger partial charge in [0.2, 0.25) is 0 Å². The molecule has 2 rings (SSSR count). The van der Waals surface area contributed by atoms with Crippen LogP contribution < -0.4 is 4.74 Å². The number of nitrogens with zero attached hydrogens (tertiary/aromatic N) is 1. The van der Waals surface area contributed by atoms with Crippen molar-refractivity contribution in [3.05, 3.63) is 29.8 Å². The summed E-state index contributed by atoms with van der Waals surface area (Å²) >= 11 is 0. The number of hydrogen-bond acceptors (Lipinski definition) is 3. The van der Waals surface area contributed by atoms with Gasteiger partial charge in [0.05, 0.1) is 13.2 Å². The zero-order chi connectivity index (χ0) is 13.2. The Morgan fingerprint density at radius 2 is 1.78 bits per heavy atom. The smallest absolute Gasteiger partial charge is 0.184 e. The first-order chi connectivity index (χ1) is 8.46. The minimum atomic E-state index is -1.37. The van der Waals surface area contributed by atoms with Crippen LogP contribution in [0.3, 0.4) is 0 Å². The third-order valence-electron chi connectivity index (χ3n) is 3.01. The van der Waals surface area contributed by atoms with Crippen molar-refractivity contribution in [3.63, 3.8) is 0 Å². The zero-order valence-electron chi connectivity index (χ0n) is 11.8. The maximum absolute atomic E-state index is 6.06. The monoisotopic (exact) mass is 265 g/mol. The highest BCUT2D eigenvalue weighted by molar-refractivity contribution is 6.69. The summed E-state index contributed by atoms with van der Waals surface area (Å²) in [5.74, 6) is 0.919. The van der Waals surface area contributed by atoms with Crippen LogP contribution in [-0.2, 0) is 11.0 Å². The van der Waals surface area contributed by atoms with E-state index in [9.17, 15) is 0 Å². The largest absolute Gasteiger partial charge is 0.497 e. The van der Waals surface area contributed by atoms with E-state index < -0.39 is 8.32 Å². The second-order valence-electron chi connectivity index (χ2n) is 5.89. The third kappa shape index (κ3) is 3.83. The van der Waals surface area contributed by atoms with Crippen molar-refractivity contribution in [2.24, 2.45) is 0 Å². The van der Waals surface area contributed by atoms with Crippen LogP contribution in [0.4, 0.5) is 0 Å². The molecule has 1 aliphatic rings. The molecule has 1 heterocycles. The van der Waals surface area contributed by atoms with Crippen LogP contribution in [0.2, 0.25) is 19.6 Å². The molecule has 4 heteroatoms. The summed E-state index contributed by atoms with van der Waals surface area (Å²) < 4.78 is 11.2. The summed E-state index contributed by atoms with van der Waals surface area (Å²) in [5.41, 5.74) is 1.34. The Balaban J connectivity index is 1.76. The van der Waals surface area contributed by atoms with Gasteiger partial charge in [-0.05, 0) is 37.3 Å². The second kappa shape index (κ2) is 5.43. The van der Waals surface area contributed by atoms with E-state index in [0.717, 1.165) is 25.4 Å². The molecule has 18 heavy (non-hydrogen) atoms. The lowest BCUT2D eigenvalue weighted by Crippen LogP contribution is -2.54. The normalized spacial score (nSPS) is 17.6. The Kier molecular flexibility index (Phi) is 4.09. The van der Waals surface area contributed by atoms with Crippen LogP contribution in [-0.4, -0.2) is 39.5 Å². The Morgan fingerprint density at radius 1 is 1.17 bits per heavy atom. The van der Waals surface area contributed by atoms with Gasteiger partial charge in [-0.2, -0.15) is 0 Å². The van der Waals surface area contributed by atoms with Crippen molar-refractivity contribution < 1.29 is 9.16 Å². The van der Waals surface area contributed by atoms with Gasteiger partial charge in [0, 0.05) is 19.6 Å². The van der Waals surface area contributed by atoms with Gasteiger partial charge >= 0.3 is 0 Å². The fraction of sp³-hybridized carbons (Fsp3) is 0.571. The number of hydrogen-bond donors (Lipinski definition) is 0. The lowest BCUT2D eigenvalue weighted by Gasteiger charge is -2.42. The Bertz CT molecular complexity index is 380. The summed E-state index contributed by atoms with van der Waals surface area (Å²) in [6.07, 6.45) is 0.454. The van der Waals surface area contributed by atoms with Gasteiger partial charge in [-0.1, -0.05) is 12.1 Å². The Hall–Kier alpha value is -0.843. The molecule has 1 aliphatic heterocycles. The zero-order valence-corrected chi connectivity index (χ0v) is 12.8. The molecule has 0 saturated carbocycles. The minimum absolute atomic E-state index is 0.454. The molecule has 0 aromatic heterocycles. The van der Waals surface area contributed by atoms with Crippen LogP contribution >= 0.6 is 0 Å². The lowest BCUT2D eigenvalue weighted by molar-refractivity contribution is 0.00954. The fourth-order valence-electron chi connectivity index (χ4n) is 2.22. The van der Waals surface area contributed by atoms with E-state index in [2.05, 4.69) is 36.7 Å². The standard InChI is InChI=1S/C14H23NO2Si/c1-16-13-7-5-12(6-8-13)9-15-10-14(11-15)17-18(2,3)4/h5-8,14H,9-11H2,1-4H3. The number of rotatable bonds is 5. The molecule has 0 unspecified atom stereocenters. The van der Waals surface area contributed by atoms with Crippen molar-refractivity contribution in [1.29, 1.82) is 0 Å². The predicted molar refractivity (Wildman–Crippen MR) is 76.5 cm³/mol. The Morgan fingerprint density at radius 3 is 2.28 bits per heavy atom. The lowest BCUT2D eigenvalue weighted by atomic mass is 10.1. The van der Waals surface area contributed by atoms with Gasteiger partial charge in [-0.25, -0.2) is 0 Å². The summed E-state index contributed by atoms with van der Waals surface area (Å²) in [6, 6.07) is 8.30. The van der Waals surface area contributed by atoms with Gasteiger partial charge in [-0.3, -0.25) is 4.90 Å². The molecule has 0 bridgehead atoms. The number of methoxy groups -OCH3 is 1. The molecule has 1 saturated heterocycles.